The van der Waals surface area contributed by atoms with Crippen LogP contribution >= 0.6 is 0 Å². The van der Waals surface area contributed by atoms with E-state index in [4.69, 9.17) is 0 Å². The summed E-state index contributed by atoms with van der Waals surface area (Å²) in [4.78, 5) is 7.94. The van der Waals surface area contributed by atoms with Crippen LogP contribution in [0, 0.1) is 0 Å². The van der Waals surface area contributed by atoms with Gasteiger partial charge in [-0.1, -0.05) is 68.3 Å². The molecule has 0 radical (unpaired) electrons. The van der Waals surface area contributed by atoms with Crippen molar-refractivity contribution in [1.82, 2.24) is 15.3 Å². The SMILES string of the molecule is CCCCCNCc1cccc(-c2cnc(-c3ccccc3)[nH]2)c1. The van der Waals surface area contributed by atoms with Crippen molar-refractivity contribution in [3.05, 3.63) is 66.4 Å². The number of H-pyrrole nitrogens is 1. The van der Waals surface area contributed by atoms with Crippen LogP contribution < -0.4 is 5.32 Å². The molecule has 0 amide bonds. The highest BCUT2D eigenvalue weighted by Gasteiger charge is 2.05. The van der Waals surface area contributed by atoms with E-state index in [1.807, 2.05) is 24.4 Å². The lowest BCUT2D eigenvalue weighted by Crippen LogP contribution is -2.14. The zero-order chi connectivity index (χ0) is 16.6. The lowest BCUT2D eigenvalue weighted by molar-refractivity contribution is 0.617. The van der Waals surface area contributed by atoms with Crippen LogP contribution in [0.4, 0.5) is 0 Å². The maximum atomic E-state index is 4.52. The molecule has 0 saturated carbocycles. The van der Waals surface area contributed by atoms with Crippen molar-refractivity contribution in [2.75, 3.05) is 6.54 Å². The Morgan fingerprint density at radius 2 is 1.79 bits per heavy atom. The van der Waals surface area contributed by atoms with E-state index < -0.39 is 0 Å². The molecule has 3 heteroatoms. The van der Waals surface area contributed by atoms with Gasteiger partial charge in [-0.05, 0) is 30.2 Å². The predicted octanol–water partition coefficient (Wildman–Crippen LogP) is 5.02. The van der Waals surface area contributed by atoms with Crippen LogP contribution in [0.3, 0.4) is 0 Å². The Kier molecular flexibility index (Phi) is 5.80. The van der Waals surface area contributed by atoms with Gasteiger partial charge in [-0.3, -0.25) is 0 Å². The van der Waals surface area contributed by atoms with Gasteiger partial charge < -0.3 is 10.3 Å². The van der Waals surface area contributed by atoms with Gasteiger partial charge in [0.1, 0.15) is 5.82 Å². The molecule has 3 rings (SSSR count). The Morgan fingerprint density at radius 3 is 2.62 bits per heavy atom. The van der Waals surface area contributed by atoms with Gasteiger partial charge >= 0.3 is 0 Å². The molecule has 0 unspecified atom stereocenters. The molecule has 0 spiro atoms. The van der Waals surface area contributed by atoms with Gasteiger partial charge in [0.15, 0.2) is 0 Å². The molecule has 0 aliphatic rings. The first-order valence-corrected chi connectivity index (χ1v) is 8.77. The first-order valence-electron chi connectivity index (χ1n) is 8.77. The second kappa shape index (κ2) is 8.46. The zero-order valence-corrected chi connectivity index (χ0v) is 14.3. The lowest BCUT2D eigenvalue weighted by atomic mass is 10.1. The summed E-state index contributed by atoms with van der Waals surface area (Å²) in [7, 11) is 0. The fourth-order valence-electron chi connectivity index (χ4n) is 2.79. The molecular formula is C21H25N3. The number of unbranched alkanes of at least 4 members (excludes halogenated alkanes) is 2. The Morgan fingerprint density at radius 1 is 0.958 bits per heavy atom. The highest BCUT2D eigenvalue weighted by molar-refractivity contribution is 5.64. The van der Waals surface area contributed by atoms with E-state index >= 15 is 0 Å². The Hall–Kier alpha value is -2.39. The molecule has 0 atom stereocenters. The lowest BCUT2D eigenvalue weighted by Gasteiger charge is -2.06. The van der Waals surface area contributed by atoms with Gasteiger partial charge in [0.05, 0.1) is 11.9 Å². The average molecular weight is 319 g/mol. The van der Waals surface area contributed by atoms with Crippen molar-refractivity contribution in [3.63, 3.8) is 0 Å². The van der Waals surface area contributed by atoms with Crippen molar-refractivity contribution in [1.29, 1.82) is 0 Å². The summed E-state index contributed by atoms with van der Waals surface area (Å²) < 4.78 is 0. The molecule has 2 N–H and O–H groups in total. The summed E-state index contributed by atoms with van der Waals surface area (Å²) in [6.07, 6.45) is 5.72. The number of hydrogen-bond donors (Lipinski definition) is 2. The van der Waals surface area contributed by atoms with E-state index in [2.05, 4.69) is 58.6 Å². The fourth-order valence-corrected chi connectivity index (χ4v) is 2.79. The average Bonchev–Trinajstić information content (AvgIpc) is 3.13. The summed E-state index contributed by atoms with van der Waals surface area (Å²) in [5.74, 6) is 0.911. The van der Waals surface area contributed by atoms with Crippen LogP contribution in [0.1, 0.15) is 31.7 Å². The molecule has 0 saturated heterocycles. The second-order valence-electron chi connectivity index (χ2n) is 6.10. The second-order valence-corrected chi connectivity index (χ2v) is 6.10. The van der Waals surface area contributed by atoms with Crippen LogP contribution in [0.15, 0.2) is 60.8 Å². The van der Waals surface area contributed by atoms with Gasteiger partial charge in [0.2, 0.25) is 0 Å². The number of rotatable bonds is 8. The third-order valence-corrected chi connectivity index (χ3v) is 4.15. The van der Waals surface area contributed by atoms with Crippen LogP contribution in [0.25, 0.3) is 22.6 Å². The van der Waals surface area contributed by atoms with Gasteiger partial charge in [0, 0.05) is 12.1 Å². The summed E-state index contributed by atoms with van der Waals surface area (Å²) in [5, 5.41) is 3.52. The summed E-state index contributed by atoms with van der Waals surface area (Å²) >= 11 is 0. The van der Waals surface area contributed by atoms with Crippen LogP contribution in [0.5, 0.6) is 0 Å². The highest BCUT2D eigenvalue weighted by atomic mass is 14.9. The van der Waals surface area contributed by atoms with E-state index in [-0.39, 0.29) is 0 Å². The minimum absolute atomic E-state index is 0.911. The number of imidazole rings is 1. The molecule has 0 bridgehead atoms. The topological polar surface area (TPSA) is 40.7 Å². The predicted molar refractivity (Wildman–Crippen MR) is 101 cm³/mol. The van der Waals surface area contributed by atoms with E-state index in [9.17, 15) is 0 Å². The van der Waals surface area contributed by atoms with E-state index in [0.717, 1.165) is 30.2 Å². The summed E-state index contributed by atoms with van der Waals surface area (Å²) in [6, 6.07) is 18.9. The Labute approximate surface area is 144 Å². The van der Waals surface area contributed by atoms with Gasteiger partial charge in [-0.15, -0.1) is 0 Å². The maximum Gasteiger partial charge on any atom is 0.137 e. The summed E-state index contributed by atoms with van der Waals surface area (Å²) in [6.45, 7) is 4.23. The minimum Gasteiger partial charge on any atom is -0.338 e. The van der Waals surface area contributed by atoms with Gasteiger partial charge in [-0.25, -0.2) is 4.98 Å². The molecule has 1 heterocycles. The smallest absolute Gasteiger partial charge is 0.137 e. The van der Waals surface area contributed by atoms with E-state index in [1.54, 1.807) is 0 Å². The molecule has 0 aliphatic carbocycles. The van der Waals surface area contributed by atoms with Crippen molar-refractivity contribution in [2.24, 2.45) is 0 Å². The van der Waals surface area contributed by atoms with Crippen molar-refractivity contribution >= 4 is 0 Å². The quantitative estimate of drug-likeness (QED) is 0.572. The monoisotopic (exact) mass is 319 g/mol. The molecule has 3 nitrogen and oxygen atoms in total. The third kappa shape index (κ3) is 4.33. The summed E-state index contributed by atoms with van der Waals surface area (Å²) in [5.41, 5.74) is 4.65. The number of aromatic nitrogens is 2. The number of aromatic amines is 1. The highest BCUT2D eigenvalue weighted by Crippen LogP contribution is 2.22. The third-order valence-electron chi connectivity index (χ3n) is 4.15. The van der Waals surface area contributed by atoms with Crippen molar-refractivity contribution in [3.8, 4) is 22.6 Å². The maximum absolute atomic E-state index is 4.52. The molecule has 1 aromatic heterocycles. The van der Waals surface area contributed by atoms with Crippen LogP contribution in [0.2, 0.25) is 0 Å². The standard InChI is InChI=1S/C21H25N3/c1-2-3-7-13-22-15-17-9-8-12-19(14-17)20-16-23-21(24-20)18-10-5-4-6-11-18/h4-6,8-12,14,16,22H,2-3,7,13,15H2,1H3,(H,23,24). The van der Waals surface area contributed by atoms with Crippen LogP contribution in [-0.4, -0.2) is 16.5 Å². The number of benzene rings is 2. The number of hydrogen-bond acceptors (Lipinski definition) is 2. The Bertz CT molecular complexity index is 747. The molecule has 0 aliphatic heterocycles. The largest absolute Gasteiger partial charge is 0.338 e. The van der Waals surface area contributed by atoms with Crippen LogP contribution in [-0.2, 0) is 6.54 Å². The molecule has 3 aromatic rings. The zero-order valence-electron chi connectivity index (χ0n) is 14.3. The molecule has 2 aromatic carbocycles. The Balaban J connectivity index is 1.67. The number of nitrogens with zero attached hydrogens (tertiary/aromatic N) is 1. The van der Waals surface area contributed by atoms with E-state index in [0.29, 0.717) is 0 Å². The van der Waals surface area contributed by atoms with Crippen molar-refractivity contribution in [2.45, 2.75) is 32.7 Å². The molecule has 0 fully saturated rings. The minimum atomic E-state index is 0.911. The molecule has 24 heavy (non-hydrogen) atoms. The fraction of sp³-hybridized carbons (Fsp3) is 0.286. The normalized spacial score (nSPS) is 10.9. The van der Waals surface area contributed by atoms with E-state index in [1.165, 1.54) is 30.4 Å². The first-order chi connectivity index (χ1) is 11.9. The number of nitrogens with one attached hydrogen (secondary N) is 2. The van der Waals surface area contributed by atoms with Gasteiger partial charge in [0.25, 0.3) is 0 Å². The molecular weight excluding hydrogens is 294 g/mol. The molecule has 124 valence electrons. The first kappa shape index (κ1) is 16.5. The van der Waals surface area contributed by atoms with Gasteiger partial charge in [-0.2, -0.15) is 0 Å². The van der Waals surface area contributed by atoms with Crippen molar-refractivity contribution < 1.29 is 0 Å².